The maximum atomic E-state index is 11.4. The van der Waals surface area contributed by atoms with Gasteiger partial charge in [-0.2, -0.15) is 0 Å². The Morgan fingerprint density at radius 1 is 0.615 bits per heavy atom. The molecular formula is C37H39N7O8. The molecule has 0 aliphatic heterocycles. The van der Waals surface area contributed by atoms with Crippen molar-refractivity contribution in [3.63, 3.8) is 0 Å². The SMILES string of the molecule is CN(CCOCCn1nc(OCc2ccccc2)c2cc([N+](=O)[O-])ccc21)CCOCCn1nc(OCc2ccccc2)c2cc([N+](=O)[O-])ccc21. The summed E-state index contributed by atoms with van der Waals surface area (Å²) in [4.78, 5) is 24.1. The molecule has 0 saturated heterocycles. The molecule has 6 aromatic rings. The van der Waals surface area contributed by atoms with E-state index in [1.54, 1.807) is 21.5 Å². The minimum Gasteiger partial charge on any atom is -0.471 e. The van der Waals surface area contributed by atoms with Crippen molar-refractivity contribution >= 4 is 33.2 Å². The third-order valence-corrected chi connectivity index (χ3v) is 8.39. The fraction of sp³-hybridized carbons (Fsp3) is 0.297. The average molecular weight is 710 g/mol. The Kier molecular flexibility index (Phi) is 12.0. The number of nitrogens with zero attached hydrogens (tertiary/aromatic N) is 7. The first kappa shape index (κ1) is 35.9. The van der Waals surface area contributed by atoms with Crippen LogP contribution in [0.25, 0.3) is 21.8 Å². The fourth-order valence-corrected chi connectivity index (χ4v) is 5.57. The van der Waals surface area contributed by atoms with Crippen LogP contribution in [-0.4, -0.2) is 80.9 Å². The van der Waals surface area contributed by atoms with Crippen molar-refractivity contribution in [2.75, 3.05) is 46.6 Å². The van der Waals surface area contributed by atoms with Crippen molar-refractivity contribution in [3.05, 3.63) is 128 Å². The summed E-state index contributed by atoms with van der Waals surface area (Å²) >= 11 is 0. The molecule has 0 spiro atoms. The molecule has 15 heteroatoms. The summed E-state index contributed by atoms with van der Waals surface area (Å²) in [5.74, 6) is 0.674. The van der Waals surface area contributed by atoms with Gasteiger partial charge in [-0.25, -0.2) is 0 Å². The Balaban J connectivity index is 0.937. The van der Waals surface area contributed by atoms with Gasteiger partial charge in [0.05, 0.1) is 71.2 Å². The molecule has 52 heavy (non-hydrogen) atoms. The third kappa shape index (κ3) is 9.25. The van der Waals surface area contributed by atoms with Gasteiger partial charge in [0.15, 0.2) is 0 Å². The average Bonchev–Trinajstić information content (AvgIpc) is 3.70. The lowest BCUT2D eigenvalue weighted by molar-refractivity contribution is -0.384. The molecule has 2 aromatic heterocycles. The van der Waals surface area contributed by atoms with E-state index >= 15 is 0 Å². The lowest BCUT2D eigenvalue weighted by Crippen LogP contribution is -2.28. The van der Waals surface area contributed by atoms with Gasteiger partial charge in [-0.3, -0.25) is 29.6 Å². The van der Waals surface area contributed by atoms with Crippen LogP contribution in [0.2, 0.25) is 0 Å². The van der Waals surface area contributed by atoms with Crippen molar-refractivity contribution in [1.82, 2.24) is 24.5 Å². The van der Waals surface area contributed by atoms with Crippen molar-refractivity contribution in [2.45, 2.75) is 26.3 Å². The summed E-state index contributed by atoms with van der Waals surface area (Å²) in [6.45, 7) is 4.64. The number of aromatic nitrogens is 4. The van der Waals surface area contributed by atoms with Crippen LogP contribution in [-0.2, 0) is 35.8 Å². The molecule has 0 aliphatic carbocycles. The molecule has 15 nitrogen and oxygen atoms in total. The molecule has 4 aromatic carbocycles. The zero-order chi connectivity index (χ0) is 36.3. The molecule has 0 atom stereocenters. The third-order valence-electron chi connectivity index (χ3n) is 8.39. The van der Waals surface area contributed by atoms with Crippen LogP contribution in [0.3, 0.4) is 0 Å². The molecule has 270 valence electrons. The minimum atomic E-state index is -0.431. The van der Waals surface area contributed by atoms with Gasteiger partial charge < -0.3 is 23.8 Å². The number of hydrogen-bond acceptors (Lipinski definition) is 11. The van der Waals surface area contributed by atoms with E-state index in [2.05, 4.69) is 15.1 Å². The second-order valence-corrected chi connectivity index (χ2v) is 12.1. The highest BCUT2D eigenvalue weighted by molar-refractivity contribution is 5.87. The van der Waals surface area contributed by atoms with E-state index in [-0.39, 0.29) is 11.4 Å². The molecule has 0 N–H and O–H groups in total. The van der Waals surface area contributed by atoms with E-state index in [1.165, 1.54) is 24.3 Å². The summed E-state index contributed by atoms with van der Waals surface area (Å²) in [5.41, 5.74) is 3.34. The number of hydrogen-bond donors (Lipinski definition) is 0. The zero-order valence-corrected chi connectivity index (χ0v) is 28.7. The van der Waals surface area contributed by atoms with Gasteiger partial charge in [-0.15, -0.1) is 10.2 Å². The number of nitro groups is 2. The standard InChI is InChI=1S/C37H39N7O8/c1-40(16-20-49-22-18-41-34-14-12-30(43(45)46)24-32(34)36(38-41)51-26-28-8-4-2-5-9-28)17-21-50-23-19-42-35-15-13-31(44(47)48)25-33(35)37(39-42)52-27-29-10-6-3-7-11-29/h2-15,24-25H,16-23,26-27H2,1H3. The normalized spacial score (nSPS) is 11.4. The number of nitro benzene ring substituents is 2. The second kappa shape index (κ2) is 17.4. The quantitative estimate of drug-likeness (QED) is 0.0517. The maximum Gasteiger partial charge on any atom is 0.270 e. The molecule has 0 fully saturated rings. The smallest absolute Gasteiger partial charge is 0.270 e. The van der Waals surface area contributed by atoms with Crippen LogP contribution < -0.4 is 9.47 Å². The number of fused-ring (bicyclic) bond motifs is 2. The van der Waals surface area contributed by atoms with Crippen molar-refractivity contribution in [1.29, 1.82) is 0 Å². The highest BCUT2D eigenvalue weighted by Gasteiger charge is 2.18. The van der Waals surface area contributed by atoms with E-state index in [4.69, 9.17) is 18.9 Å². The minimum absolute atomic E-state index is 0.0266. The molecule has 0 saturated carbocycles. The summed E-state index contributed by atoms with van der Waals surface area (Å²) in [7, 11) is 1.99. The first-order chi connectivity index (χ1) is 25.4. The van der Waals surface area contributed by atoms with E-state index < -0.39 is 9.85 Å². The number of non-ortho nitro benzene ring substituents is 2. The summed E-state index contributed by atoms with van der Waals surface area (Å²) < 4.78 is 27.2. The van der Waals surface area contributed by atoms with E-state index in [0.29, 0.717) is 88.4 Å². The van der Waals surface area contributed by atoms with Crippen molar-refractivity contribution in [3.8, 4) is 11.8 Å². The molecule has 0 amide bonds. The van der Waals surface area contributed by atoms with Crippen LogP contribution in [0.1, 0.15) is 11.1 Å². The van der Waals surface area contributed by atoms with Crippen LogP contribution in [0.15, 0.2) is 97.1 Å². The molecule has 2 heterocycles. The zero-order valence-electron chi connectivity index (χ0n) is 28.7. The Labute approximate surface area is 299 Å². The fourth-order valence-electron chi connectivity index (χ4n) is 5.57. The number of benzene rings is 4. The maximum absolute atomic E-state index is 11.4. The summed E-state index contributed by atoms with van der Waals surface area (Å²) in [6.07, 6.45) is 0. The van der Waals surface area contributed by atoms with Crippen molar-refractivity contribution < 1.29 is 28.8 Å². The number of ether oxygens (including phenoxy) is 4. The predicted molar refractivity (Wildman–Crippen MR) is 193 cm³/mol. The van der Waals surface area contributed by atoms with Crippen LogP contribution >= 0.6 is 0 Å². The summed E-state index contributed by atoms with van der Waals surface area (Å²) in [6, 6.07) is 28.6. The molecule has 0 aliphatic rings. The highest BCUT2D eigenvalue weighted by Crippen LogP contribution is 2.31. The highest BCUT2D eigenvalue weighted by atomic mass is 16.6. The van der Waals surface area contributed by atoms with Gasteiger partial charge in [0, 0.05) is 37.4 Å². The summed E-state index contributed by atoms with van der Waals surface area (Å²) in [5, 5.41) is 33.2. The van der Waals surface area contributed by atoms with Gasteiger partial charge in [0.1, 0.15) is 13.2 Å². The molecular weight excluding hydrogens is 670 g/mol. The molecule has 0 unspecified atom stereocenters. The van der Waals surface area contributed by atoms with Gasteiger partial charge in [-0.1, -0.05) is 60.7 Å². The molecule has 0 radical (unpaired) electrons. The predicted octanol–water partition coefficient (Wildman–Crippen LogP) is 6.03. The van der Waals surface area contributed by atoms with E-state index in [1.807, 2.05) is 67.7 Å². The Bertz CT molecular complexity index is 1950. The van der Waals surface area contributed by atoms with Crippen molar-refractivity contribution in [2.24, 2.45) is 0 Å². The van der Waals surface area contributed by atoms with Crippen LogP contribution in [0, 0.1) is 20.2 Å². The van der Waals surface area contributed by atoms with Gasteiger partial charge in [0.2, 0.25) is 11.8 Å². The molecule has 6 rings (SSSR count). The number of rotatable bonds is 20. The Hall–Kier alpha value is -5.90. The topological polar surface area (TPSA) is 162 Å². The largest absolute Gasteiger partial charge is 0.471 e. The van der Waals surface area contributed by atoms with Gasteiger partial charge >= 0.3 is 0 Å². The van der Waals surface area contributed by atoms with Crippen LogP contribution in [0.4, 0.5) is 11.4 Å². The van der Waals surface area contributed by atoms with E-state index in [0.717, 1.165) is 22.2 Å². The molecule has 0 bridgehead atoms. The second-order valence-electron chi connectivity index (χ2n) is 12.1. The monoisotopic (exact) mass is 709 g/mol. The lowest BCUT2D eigenvalue weighted by atomic mass is 10.2. The Morgan fingerprint density at radius 3 is 1.44 bits per heavy atom. The van der Waals surface area contributed by atoms with Gasteiger partial charge in [0.25, 0.3) is 11.4 Å². The number of likely N-dealkylation sites (N-methyl/N-ethyl adjacent to an activating group) is 1. The lowest BCUT2D eigenvalue weighted by Gasteiger charge is -2.16. The van der Waals surface area contributed by atoms with Gasteiger partial charge in [-0.05, 0) is 30.3 Å². The first-order valence-corrected chi connectivity index (χ1v) is 16.8. The van der Waals surface area contributed by atoms with E-state index in [9.17, 15) is 20.2 Å². The first-order valence-electron chi connectivity index (χ1n) is 16.8. The Morgan fingerprint density at radius 2 is 1.04 bits per heavy atom. The van der Waals surface area contributed by atoms with Crippen LogP contribution in [0.5, 0.6) is 11.8 Å².